The van der Waals surface area contributed by atoms with Crippen LogP contribution in [-0.2, 0) is 23.1 Å². The SMILES string of the molecule is Cc1nn(C)c2ncc(NC(=O)CNC(=O)Cc3cccc4ccccc34)cc12. The Labute approximate surface area is 167 Å². The molecule has 0 aliphatic carbocycles. The Balaban J connectivity index is 1.37. The number of benzene rings is 2. The summed E-state index contributed by atoms with van der Waals surface area (Å²) in [5.74, 6) is -0.507. The molecule has 4 rings (SSSR count). The summed E-state index contributed by atoms with van der Waals surface area (Å²) < 4.78 is 1.70. The number of hydrogen-bond donors (Lipinski definition) is 2. The fourth-order valence-electron chi connectivity index (χ4n) is 3.44. The predicted octanol–water partition coefficient (Wildman–Crippen LogP) is 2.73. The molecule has 0 radical (unpaired) electrons. The first-order valence-corrected chi connectivity index (χ1v) is 9.34. The molecular weight excluding hydrogens is 366 g/mol. The molecule has 0 spiro atoms. The van der Waals surface area contributed by atoms with Crippen molar-refractivity contribution < 1.29 is 9.59 Å². The van der Waals surface area contributed by atoms with E-state index in [0.717, 1.165) is 33.1 Å². The summed E-state index contributed by atoms with van der Waals surface area (Å²) in [7, 11) is 1.83. The molecule has 0 aliphatic heterocycles. The van der Waals surface area contributed by atoms with Crippen molar-refractivity contribution in [2.75, 3.05) is 11.9 Å². The molecule has 0 atom stereocenters. The van der Waals surface area contributed by atoms with E-state index in [9.17, 15) is 9.59 Å². The second-order valence-corrected chi connectivity index (χ2v) is 6.94. The van der Waals surface area contributed by atoms with Crippen molar-refractivity contribution in [2.45, 2.75) is 13.3 Å². The van der Waals surface area contributed by atoms with Gasteiger partial charge in [-0.15, -0.1) is 0 Å². The van der Waals surface area contributed by atoms with Crippen molar-refractivity contribution in [3.8, 4) is 0 Å². The van der Waals surface area contributed by atoms with E-state index in [2.05, 4.69) is 20.7 Å². The van der Waals surface area contributed by atoms with Crippen LogP contribution in [0, 0.1) is 6.92 Å². The average Bonchev–Trinajstić information content (AvgIpc) is 3.00. The molecule has 2 amide bonds. The van der Waals surface area contributed by atoms with E-state index < -0.39 is 0 Å². The highest BCUT2D eigenvalue weighted by Gasteiger charge is 2.11. The zero-order valence-corrected chi connectivity index (χ0v) is 16.3. The Bertz CT molecular complexity index is 1220. The van der Waals surface area contributed by atoms with Crippen LogP contribution in [0.4, 0.5) is 5.69 Å². The van der Waals surface area contributed by atoms with Crippen molar-refractivity contribution in [3.05, 3.63) is 66.0 Å². The Morgan fingerprint density at radius 2 is 1.83 bits per heavy atom. The van der Waals surface area contributed by atoms with Gasteiger partial charge in [-0.05, 0) is 29.3 Å². The van der Waals surface area contributed by atoms with Crippen molar-refractivity contribution in [1.82, 2.24) is 20.1 Å². The lowest BCUT2D eigenvalue weighted by Gasteiger charge is -2.09. The zero-order chi connectivity index (χ0) is 20.4. The van der Waals surface area contributed by atoms with Crippen LogP contribution in [0.25, 0.3) is 21.8 Å². The van der Waals surface area contributed by atoms with Gasteiger partial charge in [0, 0.05) is 12.4 Å². The summed E-state index contributed by atoms with van der Waals surface area (Å²) in [5.41, 5.74) is 3.10. The van der Waals surface area contributed by atoms with E-state index >= 15 is 0 Å². The van der Waals surface area contributed by atoms with Crippen LogP contribution in [0.1, 0.15) is 11.3 Å². The molecule has 0 saturated heterocycles. The van der Waals surface area contributed by atoms with E-state index in [1.165, 1.54) is 0 Å². The number of carbonyl (C=O) groups excluding carboxylic acids is 2. The van der Waals surface area contributed by atoms with Crippen LogP contribution < -0.4 is 10.6 Å². The lowest BCUT2D eigenvalue weighted by atomic mass is 10.0. The molecule has 0 saturated carbocycles. The average molecular weight is 387 g/mol. The molecule has 2 heterocycles. The number of fused-ring (bicyclic) bond motifs is 2. The number of aromatic nitrogens is 3. The summed E-state index contributed by atoms with van der Waals surface area (Å²) in [6.07, 6.45) is 1.80. The Morgan fingerprint density at radius 3 is 2.69 bits per heavy atom. The number of carbonyl (C=O) groups is 2. The fraction of sp³-hybridized carbons (Fsp3) is 0.182. The number of nitrogens with zero attached hydrogens (tertiary/aromatic N) is 3. The second-order valence-electron chi connectivity index (χ2n) is 6.94. The van der Waals surface area contributed by atoms with Gasteiger partial charge in [0.15, 0.2) is 5.65 Å². The second kappa shape index (κ2) is 7.71. The number of pyridine rings is 1. The highest BCUT2D eigenvalue weighted by Crippen LogP contribution is 2.20. The van der Waals surface area contributed by atoms with Gasteiger partial charge in [0.1, 0.15) is 0 Å². The molecule has 7 heteroatoms. The smallest absolute Gasteiger partial charge is 0.243 e. The first-order chi connectivity index (χ1) is 14.0. The molecule has 2 aromatic carbocycles. The summed E-state index contributed by atoms with van der Waals surface area (Å²) in [5, 5.41) is 12.8. The van der Waals surface area contributed by atoms with E-state index in [4.69, 9.17) is 0 Å². The van der Waals surface area contributed by atoms with Crippen molar-refractivity contribution in [2.24, 2.45) is 7.05 Å². The normalized spacial score (nSPS) is 11.0. The standard InChI is InChI=1S/C22H21N5O2/c1-14-19-11-17(12-24-22(19)27(2)26-14)25-21(29)13-23-20(28)10-16-8-5-7-15-6-3-4-9-18(15)16/h3-9,11-12H,10,13H2,1-2H3,(H,23,28)(H,25,29). The maximum Gasteiger partial charge on any atom is 0.243 e. The minimum Gasteiger partial charge on any atom is -0.347 e. The third-order valence-electron chi connectivity index (χ3n) is 4.82. The van der Waals surface area contributed by atoms with Gasteiger partial charge in [0.2, 0.25) is 11.8 Å². The minimum atomic E-state index is -0.307. The maximum absolute atomic E-state index is 12.3. The largest absolute Gasteiger partial charge is 0.347 e. The third-order valence-corrected chi connectivity index (χ3v) is 4.82. The summed E-state index contributed by atoms with van der Waals surface area (Å²) >= 11 is 0. The third kappa shape index (κ3) is 3.94. The summed E-state index contributed by atoms with van der Waals surface area (Å²) in [4.78, 5) is 28.9. The molecule has 29 heavy (non-hydrogen) atoms. The van der Waals surface area contributed by atoms with Crippen LogP contribution in [-0.4, -0.2) is 33.1 Å². The van der Waals surface area contributed by atoms with E-state index in [-0.39, 0.29) is 24.8 Å². The Kier molecular flexibility index (Phi) is 4.95. The van der Waals surface area contributed by atoms with Gasteiger partial charge in [0.25, 0.3) is 0 Å². The lowest BCUT2D eigenvalue weighted by Crippen LogP contribution is -2.33. The van der Waals surface area contributed by atoms with E-state index in [1.807, 2.05) is 62.5 Å². The quantitative estimate of drug-likeness (QED) is 0.551. The van der Waals surface area contributed by atoms with Gasteiger partial charge in [-0.2, -0.15) is 5.10 Å². The summed E-state index contributed by atoms with van der Waals surface area (Å²) in [6, 6.07) is 15.6. The van der Waals surface area contributed by atoms with Crippen molar-refractivity contribution in [1.29, 1.82) is 0 Å². The number of hydrogen-bond acceptors (Lipinski definition) is 4. The van der Waals surface area contributed by atoms with Crippen molar-refractivity contribution in [3.63, 3.8) is 0 Å². The first kappa shape index (κ1) is 18.6. The predicted molar refractivity (Wildman–Crippen MR) is 113 cm³/mol. The molecule has 0 aliphatic rings. The Hall–Kier alpha value is -3.74. The molecule has 146 valence electrons. The fourth-order valence-corrected chi connectivity index (χ4v) is 3.44. The zero-order valence-electron chi connectivity index (χ0n) is 16.3. The molecule has 0 unspecified atom stereocenters. The van der Waals surface area contributed by atoms with Gasteiger partial charge >= 0.3 is 0 Å². The van der Waals surface area contributed by atoms with Crippen LogP contribution >= 0.6 is 0 Å². The molecule has 2 aromatic heterocycles. The number of aryl methyl sites for hydroxylation is 2. The molecule has 0 bridgehead atoms. The summed E-state index contributed by atoms with van der Waals surface area (Å²) in [6.45, 7) is 1.79. The molecule has 2 N–H and O–H groups in total. The molecular formula is C22H21N5O2. The minimum absolute atomic E-state index is 0.104. The molecule has 0 fully saturated rings. The highest BCUT2D eigenvalue weighted by molar-refractivity contribution is 5.97. The van der Waals surface area contributed by atoms with E-state index in [1.54, 1.807) is 10.9 Å². The molecule has 4 aromatic rings. The lowest BCUT2D eigenvalue weighted by molar-refractivity contribution is -0.123. The van der Waals surface area contributed by atoms with Crippen LogP contribution in [0.5, 0.6) is 0 Å². The van der Waals surface area contributed by atoms with E-state index in [0.29, 0.717) is 5.69 Å². The number of amides is 2. The maximum atomic E-state index is 12.3. The monoisotopic (exact) mass is 387 g/mol. The van der Waals surface area contributed by atoms with Crippen molar-refractivity contribution >= 4 is 39.3 Å². The topological polar surface area (TPSA) is 88.9 Å². The Morgan fingerprint density at radius 1 is 1.03 bits per heavy atom. The molecule has 7 nitrogen and oxygen atoms in total. The van der Waals surface area contributed by atoms with Crippen LogP contribution in [0.2, 0.25) is 0 Å². The van der Waals surface area contributed by atoms with Gasteiger partial charge in [-0.1, -0.05) is 42.5 Å². The first-order valence-electron chi connectivity index (χ1n) is 9.34. The van der Waals surface area contributed by atoms with Gasteiger partial charge in [-0.3, -0.25) is 14.3 Å². The van der Waals surface area contributed by atoms with Gasteiger partial charge in [0.05, 0.1) is 30.5 Å². The van der Waals surface area contributed by atoms with Gasteiger partial charge in [-0.25, -0.2) is 4.98 Å². The van der Waals surface area contributed by atoms with Crippen LogP contribution in [0.15, 0.2) is 54.7 Å². The van der Waals surface area contributed by atoms with Crippen LogP contribution in [0.3, 0.4) is 0 Å². The number of rotatable bonds is 5. The highest BCUT2D eigenvalue weighted by atomic mass is 16.2. The number of anilines is 1. The number of nitrogens with one attached hydrogen (secondary N) is 2. The van der Waals surface area contributed by atoms with Gasteiger partial charge < -0.3 is 10.6 Å².